The summed E-state index contributed by atoms with van der Waals surface area (Å²) in [6.07, 6.45) is 8.22. The molecule has 19 heteroatoms. The Labute approximate surface area is 371 Å². The Hall–Kier alpha value is -6.50. The van der Waals surface area contributed by atoms with Crippen molar-refractivity contribution in [1.29, 1.82) is 0 Å². The van der Waals surface area contributed by atoms with Crippen LogP contribution in [-0.4, -0.2) is 134 Å². The zero-order chi connectivity index (χ0) is 44.0. The molecule has 328 valence electrons. The molecule has 6 aliphatic rings. The number of amides is 5. The van der Waals surface area contributed by atoms with Crippen LogP contribution in [0, 0.1) is 11.2 Å². The van der Waals surface area contributed by atoms with Crippen LogP contribution in [0.1, 0.15) is 63.2 Å². The van der Waals surface area contributed by atoms with E-state index in [1.807, 2.05) is 10.5 Å². The van der Waals surface area contributed by atoms with Gasteiger partial charge in [0.25, 0.3) is 17.7 Å². The van der Waals surface area contributed by atoms with Crippen molar-refractivity contribution in [3.63, 3.8) is 0 Å². The Morgan fingerprint density at radius 3 is 2.39 bits per heavy atom. The van der Waals surface area contributed by atoms with Gasteiger partial charge < -0.3 is 20.9 Å². The van der Waals surface area contributed by atoms with Gasteiger partial charge in [0.15, 0.2) is 0 Å². The summed E-state index contributed by atoms with van der Waals surface area (Å²) in [6, 6.07) is 12.6. The Morgan fingerprint density at radius 2 is 1.62 bits per heavy atom. The molecule has 5 amide bonds. The van der Waals surface area contributed by atoms with Gasteiger partial charge in [-0.05, 0) is 79.6 Å². The van der Waals surface area contributed by atoms with Crippen LogP contribution in [0.25, 0.3) is 16.8 Å². The summed E-state index contributed by atoms with van der Waals surface area (Å²) in [5, 5.41) is 5.31. The van der Waals surface area contributed by atoms with Gasteiger partial charge >= 0.3 is 0 Å². The lowest BCUT2D eigenvalue weighted by Crippen LogP contribution is -2.64. The van der Waals surface area contributed by atoms with Gasteiger partial charge in [-0.1, -0.05) is 11.6 Å². The number of carbonyl (C=O) groups excluding carboxylic acids is 5. The highest BCUT2D eigenvalue weighted by molar-refractivity contribution is 6.30. The molecule has 2 aromatic carbocycles. The molecule has 5 saturated heterocycles. The number of fused-ring (bicyclic) bond motifs is 2. The van der Waals surface area contributed by atoms with E-state index < -0.39 is 41.4 Å². The van der Waals surface area contributed by atoms with Gasteiger partial charge in [-0.3, -0.25) is 48.4 Å². The first-order valence-corrected chi connectivity index (χ1v) is 22.0. The lowest BCUT2D eigenvalue weighted by Gasteiger charge is -2.56. The average Bonchev–Trinajstić information content (AvgIpc) is 3.95. The second-order valence-electron chi connectivity index (χ2n) is 17.9. The first kappa shape index (κ1) is 40.3. The van der Waals surface area contributed by atoms with Crippen LogP contribution >= 0.6 is 11.6 Å². The fourth-order valence-corrected chi connectivity index (χ4v) is 10.7. The van der Waals surface area contributed by atoms with Crippen LogP contribution in [0.5, 0.6) is 0 Å². The summed E-state index contributed by atoms with van der Waals surface area (Å²) in [5.41, 5.74) is 9.28. The predicted molar refractivity (Wildman–Crippen MR) is 235 cm³/mol. The van der Waals surface area contributed by atoms with Crippen molar-refractivity contribution < 1.29 is 28.4 Å². The number of carbonyl (C=O) groups is 5. The number of nitrogens with one attached hydrogen (secondary N) is 2. The molecule has 2 atom stereocenters. The van der Waals surface area contributed by atoms with Crippen molar-refractivity contribution in [2.24, 2.45) is 5.41 Å². The van der Waals surface area contributed by atoms with Crippen molar-refractivity contribution >= 4 is 69.9 Å². The molecule has 64 heavy (non-hydrogen) atoms. The molecule has 0 radical (unpaired) electrons. The largest absolute Gasteiger partial charge is 0.382 e. The zero-order valence-corrected chi connectivity index (χ0v) is 35.4. The number of likely N-dealkylation sites (tertiary alicyclic amines) is 2. The van der Waals surface area contributed by atoms with E-state index >= 15 is 4.39 Å². The average molecular weight is 887 g/mol. The minimum atomic E-state index is -0.983. The molecule has 0 saturated carbocycles. The topological polar surface area (TPSA) is 195 Å². The van der Waals surface area contributed by atoms with Crippen LogP contribution in [0.3, 0.4) is 0 Å². The van der Waals surface area contributed by atoms with Crippen LogP contribution in [0.15, 0.2) is 67.1 Å². The summed E-state index contributed by atoms with van der Waals surface area (Å²) in [7, 11) is 0. The van der Waals surface area contributed by atoms with Gasteiger partial charge in [-0.15, -0.1) is 0 Å². The molecule has 0 aliphatic carbocycles. The van der Waals surface area contributed by atoms with Crippen LogP contribution in [0.4, 0.5) is 27.7 Å². The van der Waals surface area contributed by atoms with Crippen molar-refractivity contribution in [2.75, 3.05) is 73.2 Å². The zero-order valence-electron chi connectivity index (χ0n) is 34.7. The summed E-state index contributed by atoms with van der Waals surface area (Å²) in [4.78, 5) is 87.6. The number of anilines is 4. The molecule has 11 rings (SSSR count). The Balaban J connectivity index is 0.690. The molecule has 5 fully saturated rings. The minimum absolute atomic E-state index is 0.0839. The monoisotopic (exact) mass is 886 g/mol. The number of piperidine rings is 2. The van der Waals surface area contributed by atoms with Crippen LogP contribution < -0.4 is 26.2 Å². The molecule has 1 unspecified atom stereocenters. The molecule has 4 N–H and O–H groups in total. The number of benzene rings is 2. The molecular formula is C45H44ClFN12O5. The first-order valence-electron chi connectivity index (χ1n) is 21.6. The van der Waals surface area contributed by atoms with Crippen molar-refractivity contribution in [1.82, 2.24) is 39.4 Å². The van der Waals surface area contributed by atoms with E-state index in [0.717, 1.165) is 82.2 Å². The Kier molecular flexibility index (Phi) is 9.66. The third-order valence-corrected chi connectivity index (χ3v) is 14.3. The summed E-state index contributed by atoms with van der Waals surface area (Å²) in [6.45, 7) is 7.39. The number of nitrogens with two attached hydrogens (primary N) is 1. The fourth-order valence-electron chi connectivity index (χ4n) is 10.5. The van der Waals surface area contributed by atoms with Crippen molar-refractivity contribution in [2.45, 2.75) is 50.2 Å². The maximum Gasteiger partial charge on any atom is 0.262 e. The quantitative estimate of drug-likeness (QED) is 0.191. The second kappa shape index (κ2) is 15.3. The van der Waals surface area contributed by atoms with Crippen LogP contribution in [-0.2, 0) is 9.59 Å². The molecular weight excluding hydrogens is 843 g/mol. The molecule has 6 aliphatic heterocycles. The molecule has 0 bridgehead atoms. The number of imidazole rings is 1. The Morgan fingerprint density at radius 1 is 0.844 bits per heavy atom. The number of halogens is 2. The number of hydrogen-bond donors (Lipinski definition) is 3. The van der Waals surface area contributed by atoms with E-state index in [1.54, 1.807) is 36.7 Å². The van der Waals surface area contributed by atoms with E-state index in [-0.39, 0.29) is 46.6 Å². The van der Waals surface area contributed by atoms with Gasteiger partial charge in [-0.2, -0.15) is 0 Å². The smallest absolute Gasteiger partial charge is 0.262 e. The van der Waals surface area contributed by atoms with Crippen molar-refractivity contribution in [3.05, 3.63) is 94.7 Å². The predicted octanol–water partition coefficient (Wildman–Crippen LogP) is 3.68. The molecule has 3 aromatic heterocycles. The van der Waals surface area contributed by atoms with E-state index in [1.165, 1.54) is 24.4 Å². The number of aromatic nitrogens is 4. The highest BCUT2D eigenvalue weighted by Gasteiger charge is 2.50. The van der Waals surface area contributed by atoms with E-state index in [2.05, 4.69) is 40.2 Å². The standard InChI is InChI=1S/C45H44ClFN12O5/c46-26-7-11-49-35(18-26)51-40(61)25-1-3-31(33(47)17-25)37-38-39(48)50-12-16-58(38)44(53-37)54-14-9-45(10-15-54)23-57(24-45)28-8-13-55(20-28)29-21-56(22-29)27-2-4-30-32(19-27)43(64)59(42(30)63)34-5-6-36(60)52-41(34)62/h1-4,7,11-12,16-19,28-29,34H,5-6,8-10,13-15,20-24H2,(H2,48,50)(H,49,51,61)(H,52,60,62)/t28-,34?/m0/s1. The van der Waals surface area contributed by atoms with Gasteiger partial charge in [0.1, 0.15) is 34.7 Å². The van der Waals surface area contributed by atoms with E-state index in [9.17, 15) is 24.0 Å². The maximum atomic E-state index is 15.9. The lowest BCUT2D eigenvalue weighted by molar-refractivity contribution is -0.136. The summed E-state index contributed by atoms with van der Waals surface area (Å²) < 4.78 is 17.7. The van der Waals surface area contributed by atoms with Gasteiger partial charge in [0.2, 0.25) is 17.8 Å². The lowest BCUT2D eigenvalue weighted by atomic mass is 9.71. The molecule has 17 nitrogen and oxygen atoms in total. The molecule has 1 spiro atoms. The SMILES string of the molecule is Nc1nccn2c(N3CCC4(CC3)CN([C@H]3CCN(C5CN(c6ccc7c(c6)C(=O)N(C6CCC(=O)NC6=O)C7=O)C5)C3)C4)nc(-c3ccc(C(=O)Nc4cc(Cl)ccn4)cc3F)c12. The fraction of sp³-hybridized carbons (Fsp3) is 0.378. The highest BCUT2D eigenvalue weighted by Crippen LogP contribution is 2.44. The van der Waals surface area contributed by atoms with Gasteiger partial charge in [0, 0.05) is 111 Å². The van der Waals surface area contributed by atoms with Crippen molar-refractivity contribution in [3.8, 4) is 11.3 Å². The van der Waals surface area contributed by atoms with Gasteiger partial charge in [-0.25, -0.2) is 19.3 Å². The highest BCUT2D eigenvalue weighted by atomic mass is 35.5. The molecule has 9 heterocycles. The number of rotatable bonds is 8. The Bertz CT molecular complexity index is 2800. The van der Waals surface area contributed by atoms with Gasteiger partial charge in [0.05, 0.1) is 11.1 Å². The first-order chi connectivity index (χ1) is 30.9. The van der Waals surface area contributed by atoms with E-state index in [0.29, 0.717) is 39.8 Å². The number of nitrogen functional groups attached to an aromatic ring is 1. The summed E-state index contributed by atoms with van der Waals surface area (Å²) >= 11 is 6.03. The second-order valence-corrected chi connectivity index (χ2v) is 18.3. The summed E-state index contributed by atoms with van der Waals surface area (Å²) in [5.74, 6) is -1.99. The third kappa shape index (κ3) is 6.82. The third-order valence-electron chi connectivity index (χ3n) is 14.1. The number of nitrogens with zero attached hydrogens (tertiary/aromatic N) is 9. The molecule has 5 aromatic rings. The van der Waals surface area contributed by atoms with Crippen LogP contribution in [0.2, 0.25) is 5.02 Å². The number of hydrogen-bond acceptors (Lipinski definition) is 13. The number of imide groups is 2. The number of pyridine rings is 1. The normalized spacial score (nSPS) is 22.6. The van der Waals surface area contributed by atoms with E-state index in [4.69, 9.17) is 22.3 Å². The minimum Gasteiger partial charge on any atom is -0.382 e. The maximum absolute atomic E-state index is 15.9.